The third-order valence-electron chi connectivity index (χ3n) is 8.16. The first-order valence-corrected chi connectivity index (χ1v) is 13.7. The molecule has 0 bridgehead atoms. The second-order valence-electron chi connectivity index (χ2n) is 11.9. The van der Waals surface area contributed by atoms with Crippen LogP contribution in [-0.2, 0) is 6.42 Å². The Morgan fingerprint density at radius 3 is 2.49 bits per heavy atom. The normalized spacial score (nSPS) is 23.1. The van der Waals surface area contributed by atoms with E-state index in [1.54, 1.807) is 0 Å². The van der Waals surface area contributed by atoms with Gasteiger partial charge in [-0.3, -0.25) is 9.69 Å². The summed E-state index contributed by atoms with van der Waals surface area (Å²) in [5, 5.41) is 20.0. The van der Waals surface area contributed by atoms with Crippen molar-refractivity contribution in [3.8, 4) is 5.75 Å². The van der Waals surface area contributed by atoms with Gasteiger partial charge in [-0.25, -0.2) is 0 Å². The fraction of sp³-hybridized carbons (Fsp3) is 0.567. The smallest absolute Gasteiger partial charge is 0.258 e. The van der Waals surface area contributed by atoms with Crippen molar-refractivity contribution >= 4 is 17.3 Å². The van der Waals surface area contributed by atoms with Crippen LogP contribution in [0.4, 0.5) is 11.4 Å². The molecule has 1 amide bonds. The predicted octanol–water partition coefficient (Wildman–Crippen LogP) is 3.71. The van der Waals surface area contributed by atoms with Crippen LogP contribution in [0.15, 0.2) is 42.5 Å². The molecule has 1 spiro atoms. The molecule has 0 saturated carbocycles. The van der Waals surface area contributed by atoms with Crippen LogP contribution in [0.25, 0.3) is 0 Å². The molecule has 5 rings (SSSR count). The van der Waals surface area contributed by atoms with Gasteiger partial charge in [0.25, 0.3) is 5.91 Å². The fourth-order valence-electron chi connectivity index (χ4n) is 6.15. The van der Waals surface area contributed by atoms with Gasteiger partial charge in [-0.05, 0) is 94.1 Å². The fourth-order valence-corrected chi connectivity index (χ4v) is 6.15. The quantitative estimate of drug-likeness (QED) is 0.567. The SMILES string of the molecule is CC[C@H](O)COc1ccc2c(c1)CCN(c1ccc(N3CC[C@]4(CCN(CC(C)(C)O)C4)C3)cc1)C2=O. The van der Waals surface area contributed by atoms with Crippen LogP contribution in [0.1, 0.15) is 56.0 Å². The van der Waals surface area contributed by atoms with Crippen LogP contribution in [0.2, 0.25) is 0 Å². The van der Waals surface area contributed by atoms with Crippen molar-refractivity contribution in [2.75, 3.05) is 55.7 Å². The van der Waals surface area contributed by atoms with E-state index in [4.69, 9.17) is 4.74 Å². The molecule has 2 saturated heterocycles. The summed E-state index contributed by atoms with van der Waals surface area (Å²) in [6, 6.07) is 14.0. The average Bonchev–Trinajstić information content (AvgIpc) is 3.47. The van der Waals surface area contributed by atoms with Gasteiger partial charge in [0.15, 0.2) is 0 Å². The van der Waals surface area contributed by atoms with Gasteiger partial charge in [-0.2, -0.15) is 0 Å². The molecule has 2 aromatic carbocycles. The summed E-state index contributed by atoms with van der Waals surface area (Å²) in [4.78, 5) is 20.0. The summed E-state index contributed by atoms with van der Waals surface area (Å²) in [5.74, 6) is 0.720. The largest absolute Gasteiger partial charge is 0.491 e. The molecule has 2 N–H and O–H groups in total. The molecule has 0 unspecified atom stereocenters. The summed E-state index contributed by atoms with van der Waals surface area (Å²) in [7, 11) is 0. The number of aliphatic hydroxyl groups is 2. The third kappa shape index (κ3) is 5.79. The zero-order chi connectivity index (χ0) is 26.2. The van der Waals surface area contributed by atoms with Gasteiger partial charge < -0.3 is 24.7 Å². The van der Waals surface area contributed by atoms with Gasteiger partial charge in [0.1, 0.15) is 12.4 Å². The molecule has 2 aromatic rings. The first-order valence-electron chi connectivity index (χ1n) is 13.7. The molecule has 37 heavy (non-hydrogen) atoms. The number of nitrogens with zero attached hydrogens (tertiary/aromatic N) is 3. The van der Waals surface area contributed by atoms with Crippen LogP contribution in [0.5, 0.6) is 5.75 Å². The predicted molar refractivity (Wildman–Crippen MR) is 147 cm³/mol. The number of rotatable bonds is 8. The maximum Gasteiger partial charge on any atom is 0.258 e. The molecule has 0 radical (unpaired) electrons. The van der Waals surface area contributed by atoms with Crippen molar-refractivity contribution in [2.24, 2.45) is 5.41 Å². The van der Waals surface area contributed by atoms with Crippen LogP contribution in [0.3, 0.4) is 0 Å². The number of hydrogen-bond acceptors (Lipinski definition) is 6. The zero-order valence-corrected chi connectivity index (χ0v) is 22.4. The number of carbonyl (C=O) groups is 1. The third-order valence-corrected chi connectivity index (χ3v) is 8.16. The van der Waals surface area contributed by atoms with Crippen molar-refractivity contribution in [1.29, 1.82) is 0 Å². The van der Waals surface area contributed by atoms with E-state index in [9.17, 15) is 15.0 Å². The monoisotopic (exact) mass is 507 g/mol. The number of anilines is 2. The Labute approximate surface area is 220 Å². The second kappa shape index (κ2) is 10.3. The lowest BCUT2D eigenvalue weighted by molar-refractivity contribution is 0.0408. The molecule has 2 atom stereocenters. The number of hydrogen-bond donors (Lipinski definition) is 2. The highest BCUT2D eigenvalue weighted by molar-refractivity contribution is 6.08. The second-order valence-corrected chi connectivity index (χ2v) is 11.9. The minimum atomic E-state index is -0.652. The summed E-state index contributed by atoms with van der Waals surface area (Å²) < 4.78 is 5.70. The van der Waals surface area contributed by atoms with Gasteiger partial charge in [-0.1, -0.05) is 6.92 Å². The average molecular weight is 508 g/mol. The molecule has 2 fully saturated rings. The molecule has 7 heteroatoms. The standard InChI is InChI=1S/C30H41N3O4/c1-4-25(34)18-37-26-9-10-27-22(17-26)11-14-33(28(27)35)24-7-5-23(6-8-24)32-16-13-30(21-32)12-15-31(20-30)19-29(2,3)36/h5-10,17,25,34,36H,4,11-16,18-21H2,1-3H3/t25-,30-/m0/s1. The van der Waals surface area contributed by atoms with Crippen molar-refractivity contribution < 1.29 is 19.7 Å². The van der Waals surface area contributed by atoms with Gasteiger partial charge in [0.05, 0.1) is 11.7 Å². The van der Waals surface area contributed by atoms with Crippen LogP contribution >= 0.6 is 0 Å². The molecular weight excluding hydrogens is 466 g/mol. The Morgan fingerprint density at radius 1 is 1.03 bits per heavy atom. The van der Waals surface area contributed by atoms with Gasteiger partial charge in [0, 0.05) is 55.1 Å². The molecule has 0 aliphatic carbocycles. The molecule has 3 aliphatic heterocycles. The van der Waals surface area contributed by atoms with Gasteiger partial charge in [0.2, 0.25) is 0 Å². The Morgan fingerprint density at radius 2 is 1.76 bits per heavy atom. The van der Waals surface area contributed by atoms with E-state index in [-0.39, 0.29) is 12.5 Å². The molecule has 3 aliphatic rings. The van der Waals surface area contributed by atoms with Gasteiger partial charge in [-0.15, -0.1) is 0 Å². The summed E-state index contributed by atoms with van der Waals surface area (Å²) >= 11 is 0. The molecule has 7 nitrogen and oxygen atoms in total. The number of carbonyl (C=O) groups excluding carboxylic acids is 1. The molecule has 0 aromatic heterocycles. The number of ether oxygens (including phenoxy) is 1. The summed E-state index contributed by atoms with van der Waals surface area (Å²) in [6.45, 7) is 11.5. The van der Waals surface area contributed by atoms with E-state index in [1.807, 2.05) is 43.9 Å². The van der Waals surface area contributed by atoms with Crippen molar-refractivity contribution in [3.05, 3.63) is 53.6 Å². The maximum atomic E-state index is 13.3. The highest BCUT2D eigenvalue weighted by Gasteiger charge is 2.44. The Kier molecular flexibility index (Phi) is 7.22. The summed E-state index contributed by atoms with van der Waals surface area (Å²) in [5.41, 5.74) is 3.52. The minimum Gasteiger partial charge on any atom is -0.491 e. The number of fused-ring (bicyclic) bond motifs is 1. The first-order chi connectivity index (χ1) is 17.6. The Balaban J connectivity index is 1.21. The van der Waals surface area contributed by atoms with Crippen LogP contribution in [-0.4, -0.2) is 78.6 Å². The van der Waals surface area contributed by atoms with Crippen LogP contribution in [0, 0.1) is 5.41 Å². The molecular formula is C30H41N3O4. The highest BCUT2D eigenvalue weighted by Crippen LogP contribution is 2.41. The highest BCUT2D eigenvalue weighted by atomic mass is 16.5. The zero-order valence-electron chi connectivity index (χ0n) is 22.4. The van der Waals surface area contributed by atoms with Crippen molar-refractivity contribution in [3.63, 3.8) is 0 Å². The van der Waals surface area contributed by atoms with Gasteiger partial charge >= 0.3 is 0 Å². The lowest BCUT2D eigenvalue weighted by Gasteiger charge is -2.30. The van der Waals surface area contributed by atoms with E-state index in [0.717, 1.165) is 56.0 Å². The minimum absolute atomic E-state index is 0.0205. The Bertz CT molecular complexity index is 1110. The Hall–Kier alpha value is -2.61. The van der Waals surface area contributed by atoms with E-state index in [0.29, 0.717) is 24.1 Å². The van der Waals surface area contributed by atoms with Crippen molar-refractivity contribution in [2.45, 2.75) is 58.2 Å². The topological polar surface area (TPSA) is 76.5 Å². The lowest BCUT2D eigenvalue weighted by atomic mass is 9.86. The van der Waals surface area contributed by atoms with Crippen molar-refractivity contribution in [1.82, 2.24) is 4.90 Å². The first kappa shape index (κ1) is 26.0. The molecule has 3 heterocycles. The lowest BCUT2D eigenvalue weighted by Crippen LogP contribution is -2.39. The van der Waals surface area contributed by atoms with E-state index in [2.05, 4.69) is 34.1 Å². The maximum absolute atomic E-state index is 13.3. The number of β-amino-alcohol motifs (C(OH)–C–C–N with tert-alkyl or cyclic N) is 1. The number of aliphatic hydroxyl groups excluding tert-OH is 1. The number of amides is 1. The van der Waals surface area contributed by atoms with Crippen LogP contribution < -0.4 is 14.5 Å². The van der Waals surface area contributed by atoms with E-state index < -0.39 is 11.7 Å². The number of likely N-dealkylation sites (tertiary alicyclic amines) is 1. The summed E-state index contributed by atoms with van der Waals surface area (Å²) in [6.07, 6.45) is 3.31. The molecule has 200 valence electrons. The number of benzene rings is 2. The van der Waals surface area contributed by atoms with E-state index in [1.165, 1.54) is 18.5 Å². The van der Waals surface area contributed by atoms with E-state index >= 15 is 0 Å².